The number of carbonyl (C=O) groups excluding carboxylic acids is 1. The van der Waals surface area contributed by atoms with E-state index >= 15 is 0 Å². The van der Waals surface area contributed by atoms with Crippen molar-refractivity contribution in [3.05, 3.63) is 65.1 Å². The fourth-order valence-corrected chi connectivity index (χ4v) is 5.99. The molecule has 1 fully saturated rings. The molecule has 0 bridgehead atoms. The number of ether oxygens (including phenoxy) is 2. The zero-order valence-corrected chi connectivity index (χ0v) is 19.5. The molecule has 3 aromatic rings. The van der Waals surface area contributed by atoms with Crippen LogP contribution in [0, 0.1) is 5.82 Å². The first kappa shape index (κ1) is 22.7. The van der Waals surface area contributed by atoms with Crippen molar-refractivity contribution in [2.45, 2.75) is 24.1 Å². The van der Waals surface area contributed by atoms with E-state index in [9.17, 15) is 17.6 Å². The van der Waals surface area contributed by atoms with E-state index in [4.69, 9.17) is 9.47 Å². The van der Waals surface area contributed by atoms with Gasteiger partial charge in [0.05, 0.1) is 41.9 Å². The zero-order valence-electron chi connectivity index (χ0n) is 18.7. The molecule has 0 radical (unpaired) electrons. The molecule has 1 saturated heterocycles. The molecule has 34 heavy (non-hydrogen) atoms. The Morgan fingerprint density at radius 2 is 1.88 bits per heavy atom. The summed E-state index contributed by atoms with van der Waals surface area (Å²) < 4.78 is 51.9. The molecule has 2 aromatic carbocycles. The van der Waals surface area contributed by atoms with Crippen LogP contribution in [0.25, 0.3) is 16.9 Å². The summed E-state index contributed by atoms with van der Waals surface area (Å²) in [4.78, 5) is 14.8. The number of esters is 1. The number of sulfone groups is 1. The highest BCUT2D eigenvalue weighted by Gasteiger charge is 2.36. The van der Waals surface area contributed by atoms with Crippen LogP contribution >= 0.6 is 0 Å². The molecule has 3 heterocycles. The molecule has 0 spiro atoms. The minimum Gasteiger partial charge on any atom is -0.461 e. The van der Waals surface area contributed by atoms with Crippen LogP contribution in [0.5, 0.6) is 0 Å². The van der Waals surface area contributed by atoms with E-state index in [-0.39, 0.29) is 22.8 Å². The van der Waals surface area contributed by atoms with Crippen molar-refractivity contribution < 1.29 is 27.1 Å². The van der Waals surface area contributed by atoms with Gasteiger partial charge in [-0.2, -0.15) is 5.10 Å². The Hall–Kier alpha value is -3.08. The van der Waals surface area contributed by atoms with Gasteiger partial charge in [-0.05, 0) is 42.8 Å². The van der Waals surface area contributed by atoms with Crippen LogP contribution in [0.15, 0.2) is 47.4 Å². The van der Waals surface area contributed by atoms with Crippen molar-refractivity contribution in [3.63, 3.8) is 0 Å². The van der Waals surface area contributed by atoms with Crippen LogP contribution in [0.4, 0.5) is 4.39 Å². The molecule has 178 valence electrons. The number of carbonyl (C=O) groups is 1. The number of fused-ring (bicyclic) bond motifs is 3. The van der Waals surface area contributed by atoms with Crippen LogP contribution in [0.1, 0.15) is 28.5 Å². The maximum Gasteiger partial charge on any atom is 0.359 e. The Labute approximate surface area is 196 Å². The monoisotopic (exact) mass is 485 g/mol. The van der Waals surface area contributed by atoms with Gasteiger partial charge in [-0.3, -0.25) is 4.90 Å². The zero-order chi connectivity index (χ0) is 23.9. The summed E-state index contributed by atoms with van der Waals surface area (Å²) in [7, 11) is -3.86. The first-order valence-electron chi connectivity index (χ1n) is 11.1. The number of hydrogen-bond donors (Lipinski definition) is 0. The average molecular weight is 486 g/mol. The molecular weight excluding hydrogens is 461 g/mol. The standard InChI is InChI=1S/C24H24FN3O5S/c1-2-33-24(29)22-20-15-34(30,31)21-13-17(25)5-8-19(21)23(20)28(26-22)18-6-3-16(4-7-18)14-27-9-11-32-12-10-27/h3-8,13H,2,9-12,14-15H2,1H3. The van der Waals surface area contributed by atoms with Crippen molar-refractivity contribution in [2.24, 2.45) is 0 Å². The maximum atomic E-state index is 13.9. The first-order valence-corrected chi connectivity index (χ1v) is 12.7. The molecule has 8 nitrogen and oxygen atoms in total. The van der Waals surface area contributed by atoms with Gasteiger partial charge in [0, 0.05) is 30.8 Å². The minimum absolute atomic E-state index is 0.0483. The smallest absolute Gasteiger partial charge is 0.359 e. The van der Waals surface area contributed by atoms with Gasteiger partial charge in [0.1, 0.15) is 5.82 Å². The van der Waals surface area contributed by atoms with Crippen LogP contribution in [0.3, 0.4) is 0 Å². The lowest BCUT2D eigenvalue weighted by atomic mass is 10.1. The third-order valence-electron chi connectivity index (χ3n) is 6.01. The molecule has 0 unspecified atom stereocenters. The average Bonchev–Trinajstić information content (AvgIpc) is 3.19. The highest BCUT2D eigenvalue weighted by Crippen LogP contribution is 2.41. The van der Waals surface area contributed by atoms with E-state index in [2.05, 4.69) is 10.00 Å². The lowest BCUT2D eigenvalue weighted by Crippen LogP contribution is -2.35. The summed E-state index contributed by atoms with van der Waals surface area (Å²) >= 11 is 0. The Bertz CT molecular complexity index is 1350. The number of hydrogen-bond acceptors (Lipinski definition) is 7. The van der Waals surface area contributed by atoms with Crippen molar-refractivity contribution in [1.29, 1.82) is 0 Å². The second kappa shape index (κ2) is 8.94. The molecule has 2 aliphatic rings. The molecule has 5 rings (SSSR count). The predicted molar refractivity (Wildman–Crippen MR) is 122 cm³/mol. The van der Waals surface area contributed by atoms with Gasteiger partial charge in [-0.25, -0.2) is 22.3 Å². The number of morpholine rings is 1. The Morgan fingerprint density at radius 1 is 1.15 bits per heavy atom. The number of halogens is 1. The lowest BCUT2D eigenvalue weighted by molar-refractivity contribution is 0.0342. The van der Waals surface area contributed by atoms with Crippen LogP contribution in [0.2, 0.25) is 0 Å². The Kier molecular flexibility index (Phi) is 5.97. The molecule has 10 heteroatoms. The van der Waals surface area contributed by atoms with E-state index in [1.807, 2.05) is 24.3 Å². The van der Waals surface area contributed by atoms with Crippen molar-refractivity contribution in [2.75, 3.05) is 32.9 Å². The van der Waals surface area contributed by atoms with Gasteiger partial charge in [0.2, 0.25) is 0 Å². The molecule has 0 aliphatic carbocycles. The molecule has 0 atom stereocenters. The van der Waals surface area contributed by atoms with Crippen LogP contribution < -0.4 is 0 Å². The molecule has 0 amide bonds. The number of rotatable bonds is 5. The van der Waals surface area contributed by atoms with Crippen LogP contribution in [-0.4, -0.2) is 62.0 Å². The quantitative estimate of drug-likeness (QED) is 0.513. The van der Waals surface area contributed by atoms with E-state index in [1.54, 1.807) is 11.6 Å². The molecular formula is C24H24FN3O5S. The summed E-state index contributed by atoms with van der Waals surface area (Å²) in [6.45, 7) is 5.77. The van der Waals surface area contributed by atoms with Gasteiger partial charge in [0.15, 0.2) is 15.5 Å². The van der Waals surface area contributed by atoms with Crippen molar-refractivity contribution in [3.8, 4) is 16.9 Å². The van der Waals surface area contributed by atoms with E-state index in [1.165, 1.54) is 12.1 Å². The molecule has 1 aromatic heterocycles. The second-order valence-corrected chi connectivity index (χ2v) is 10.2. The fraction of sp³-hybridized carbons (Fsp3) is 0.333. The highest BCUT2D eigenvalue weighted by atomic mass is 32.2. The third kappa shape index (κ3) is 4.13. The summed E-state index contributed by atoms with van der Waals surface area (Å²) in [6.07, 6.45) is 0. The number of benzene rings is 2. The van der Waals surface area contributed by atoms with E-state index in [0.717, 1.165) is 44.5 Å². The molecule has 0 N–H and O–H groups in total. The number of aromatic nitrogens is 2. The lowest BCUT2D eigenvalue weighted by Gasteiger charge is -2.26. The first-order chi connectivity index (χ1) is 16.4. The van der Waals surface area contributed by atoms with Gasteiger partial charge < -0.3 is 9.47 Å². The molecule has 0 saturated carbocycles. The van der Waals surface area contributed by atoms with Gasteiger partial charge in [-0.15, -0.1) is 0 Å². The fourth-order valence-electron chi connectivity index (χ4n) is 4.39. The minimum atomic E-state index is -3.86. The Balaban J connectivity index is 1.60. The normalized spacial score (nSPS) is 17.1. The van der Waals surface area contributed by atoms with Crippen molar-refractivity contribution in [1.82, 2.24) is 14.7 Å². The third-order valence-corrected chi connectivity index (χ3v) is 7.69. The summed E-state index contributed by atoms with van der Waals surface area (Å²) in [6, 6.07) is 11.4. The van der Waals surface area contributed by atoms with Crippen LogP contribution in [-0.2, 0) is 31.6 Å². The predicted octanol–water partition coefficient (Wildman–Crippen LogP) is 2.97. The van der Waals surface area contributed by atoms with E-state index in [0.29, 0.717) is 16.9 Å². The maximum absolute atomic E-state index is 13.9. The van der Waals surface area contributed by atoms with Gasteiger partial charge >= 0.3 is 5.97 Å². The largest absolute Gasteiger partial charge is 0.461 e. The summed E-state index contributed by atoms with van der Waals surface area (Å²) in [5, 5.41) is 4.47. The Morgan fingerprint density at radius 3 is 2.59 bits per heavy atom. The SMILES string of the molecule is CCOC(=O)c1nn(-c2ccc(CN3CCOCC3)cc2)c2c1CS(=O)(=O)c1cc(F)ccc1-2. The molecule has 2 aliphatic heterocycles. The van der Waals surface area contributed by atoms with Gasteiger partial charge in [0.25, 0.3) is 0 Å². The summed E-state index contributed by atoms with van der Waals surface area (Å²) in [5.41, 5.74) is 2.74. The highest BCUT2D eigenvalue weighted by molar-refractivity contribution is 7.90. The van der Waals surface area contributed by atoms with E-state index < -0.39 is 27.4 Å². The van der Waals surface area contributed by atoms with Crippen molar-refractivity contribution >= 4 is 15.8 Å². The van der Waals surface area contributed by atoms with Gasteiger partial charge in [-0.1, -0.05) is 12.1 Å². The number of nitrogens with zero attached hydrogens (tertiary/aromatic N) is 3. The summed E-state index contributed by atoms with van der Waals surface area (Å²) in [5.74, 6) is -1.79. The topological polar surface area (TPSA) is 90.7 Å². The second-order valence-electron chi connectivity index (χ2n) is 8.26.